The van der Waals surface area contributed by atoms with Gasteiger partial charge in [0.25, 0.3) is 0 Å². The molecule has 0 aliphatic carbocycles. The van der Waals surface area contributed by atoms with Crippen LogP contribution in [0.4, 0.5) is 0 Å². The number of aromatic nitrogens is 1. The first-order valence-corrected chi connectivity index (χ1v) is 6.18. The Balaban J connectivity index is 1.82. The molecule has 5 nitrogen and oxygen atoms in total. The zero-order valence-corrected chi connectivity index (χ0v) is 11.3. The van der Waals surface area contributed by atoms with Gasteiger partial charge in [-0.3, -0.25) is 10.4 Å². The fourth-order valence-corrected chi connectivity index (χ4v) is 1.51. The molecule has 0 aliphatic heterocycles. The maximum absolute atomic E-state index is 5.18. The van der Waals surface area contributed by atoms with Crippen LogP contribution in [-0.2, 0) is 6.54 Å². The van der Waals surface area contributed by atoms with E-state index >= 15 is 0 Å². The van der Waals surface area contributed by atoms with Crippen LogP contribution in [0, 0.1) is 0 Å². The van der Waals surface area contributed by atoms with Crippen LogP contribution < -0.4 is 10.7 Å². The molecule has 2 heterocycles. The first-order chi connectivity index (χ1) is 9.25. The van der Waals surface area contributed by atoms with Crippen molar-refractivity contribution in [1.82, 2.24) is 15.7 Å². The topological polar surface area (TPSA) is 62.5 Å². The molecule has 0 atom stereocenters. The minimum absolute atomic E-state index is 0.437. The van der Waals surface area contributed by atoms with Crippen LogP contribution in [0.3, 0.4) is 0 Å². The molecule has 0 bridgehead atoms. The van der Waals surface area contributed by atoms with E-state index < -0.39 is 0 Å². The lowest BCUT2D eigenvalue weighted by molar-refractivity contribution is 0.502. The fourth-order valence-electron chi connectivity index (χ4n) is 1.39. The smallest absolute Gasteiger partial charge is 0.187 e. The second-order valence-electron chi connectivity index (χ2n) is 3.79. The Morgan fingerprint density at radius 1 is 1.37 bits per heavy atom. The van der Waals surface area contributed by atoms with E-state index in [1.54, 1.807) is 12.5 Å². The molecule has 0 aliphatic rings. The van der Waals surface area contributed by atoms with Crippen LogP contribution in [0.25, 0.3) is 0 Å². The minimum atomic E-state index is 0.437. The summed E-state index contributed by atoms with van der Waals surface area (Å²) in [5.74, 6) is 0.814. The molecule has 0 fully saturated rings. The standard InChI is InChI=1S/C13H14N4OS/c1-10(12-6-2-3-7-14-12)16-17-13(19)15-9-11-5-4-8-18-11/h2-8H,9H2,1H3,(H2,15,17,19). The number of hydrazone groups is 1. The summed E-state index contributed by atoms with van der Waals surface area (Å²) in [5, 5.41) is 7.59. The molecule has 2 aromatic rings. The van der Waals surface area contributed by atoms with E-state index in [0.29, 0.717) is 11.7 Å². The molecule has 0 unspecified atom stereocenters. The van der Waals surface area contributed by atoms with Gasteiger partial charge in [-0.1, -0.05) is 6.07 Å². The van der Waals surface area contributed by atoms with Crippen molar-refractivity contribution in [2.45, 2.75) is 13.5 Å². The summed E-state index contributed by atoms with van der Waals surface area (Å²) in [7, 11) is 0. The van der Waals surface area contributed by atoms with E-state index in [1.165, 1.54) is 0 Å². The van der Waals surface area contributed by atoms with Gasteiger partial charge < -0.3 is 9.73 Å². The fraction of sp³-hybridized carbons (Fsp3) is 0.154. The monoisotopic (exact) mass is 274 g/mol. The Kier molecular flexibility index (Phi) is 4.63. The van der Waals surface area contributed by atoms with E-state index in [0.717, 1.165) is 17.2 Å². The zero-order chi connectivity index (χ0) is 13.5. The molecule has 0 aromatic carbocycles. The van der Waals surface area contributed by atoms with Crippen molar-refractivity contribution in [3.63, 3.8) is 0 Å². The van der Waals surface area contributed by atoms with Gasteiger partial charge in [0.05, 0.1) is 24.2 Å². The van der Waals surface area contributed by atoms with Gasteiger partial charge >= 0.3 is 0 Å². The maximum Gasteiger partial charge on any atom is 0.187 e. The average molecular weight is 274 g/mol. The quantitative estimate of drug-likeness (QED) is 0.507. The van der Waals surface area contributed by atoms with Crippen LogP contribution in [0.1, 0.15) is 18.4 Å². The first kappa shape index (κ1) is 13.2. The summed E-state index contributed by atoms with van der Waals surface area (Å²) in [5.41, 5.74) is 4.35. The molecule has 6 heteroatoms. The summed E-state index contributed by atoms with van der Waals surface area (Å²) in [4.78, 5) is 4.19. The third-order valence-corrected chi connectivity index (χ3v) is 2.60. The van der Waals surface area contributed by atoms with Crippen molar-refractivity contribution in [3.05, 3.63) is 54.2 Å². The highest BCUT2D eigenvalue weighted by Crippen LogP contribution is 1.98. The van der Waals surface area contributed by atoms with E-state index in [1.807, 2.05) is 37.3 Å². The van der Waals surface area contributed by atoms with Gasteiger partial charge in [-0.2, -0.15) is 5.10 Å². The molecule has 0 radical (unpaired) electrons. The zero-order valence-electron chi connectivity index (χ0n) is 10.5. The van der Waals surface area contributed by atoms with Crippen molar-refractivity contribution in [1.29, 1.82) is 0 Å². The first-order valence-electron chi connectivity index (χ1n) is 5.77. The Bertz CT molecular complexity index is 551. The van der Waals surface area contributed by atoms with E-state index in [9.17, 15) is 0 Å². The highest BCUT2D eigenvalue weighted by atomic mass is 32.1. The Labute approximate surface area is 116 Å². The maximum atomic E-state index is 5.18. The van der Waals surface area contributed by atoms with Crippen LogP contribution in [-0.4, -0.2) is 15.8 Å². The lowest BCUT2D eigenvalue weighted by Crippen LogP contribution is -2.32. The number of hydrogen-bond donors (Lipinski definition) is 2. The Morgan fingerprint density at radius 3 is 2.95 bits per heavy atom. The molecule has 2 aromatic heterocycles. The summed E-state index contributed by atoms with van der Waals surface area (Å²) in [6.45, 7) is 2.39. The van der Waals surface area contributed by atoms with Crippen molar-refractivity contribution in [2.24, 2.45) is 5.10 Å². The molecule has 2 rings (SSSR count). The van der Waals surface area contributed by atoms with E-state index in [4.69, 9.17) is 16.6 Å². The van der Waals surface area contributed by atoms with E-state index in [2.05, 4.69) is 20.8 Å². The normalized spacial score (nSPS) is 11.1. The van der Waals surface area contributed by atoms with Crippen LogP contribution >= 0.6 is 12.2 Å². The lowest BCUT2D eigenvalue weighted by Gasteiger charge is -2.06. The van der Waals surface area contributed by atoms with Crippen molar-refractivity contribution in [2.75, 3.05) is 0 Å². The van der Waals surface area contributed by atoms with Gasteiger partial charge in [-0.25, -0.2) is 0 Å². The number of furan rings is 1. The molecule has 0 amide bonds. The van der Waals surface area contributed by atoms with Gasteiger partial charge in [0, 0.05) is 6.20 Å². The van der Waals surface area contributed by atoms with Gasteiger partial charge in [-0.05, 0) is 43.4 Å². The SMILES string of the molecule is CC(=NNC(=S)NCc1ccco1)c1ccccn1. The molecule has 2 N–H and O–H groups in total. The summed E-state index contributed by atoms with van der Waals surface area (Å²) >= 11 is 5.10. The van der Waals surface area contributed by atoms with Crippen LogP contribution in [0.2, 0.25) is 0 Å². The average Bonchev–Trinajstić information content (AvgIpc) is 2.96. The molecule has 0 spiro atoms. The number of nitrogens with one attached hydrogen (secondary N) is 2. The molecule has 19 heavy (non-hydrogen) atoms. The van der Waals surface area contributed by atoms with Gasteiger partial charge in [-0.15, -0.1) is 0 Å². The van der Waals surface area contributed by atoms with Crippen LogP contribution in [0.15, 0.2) is 52.3 Å². The number of hydrogen-bond acceptors (Lipinski definition) is 4. The van der Waals surface area contributed by atoms with Crippen molar-refractivity contribution in [3.8, 4) is 0 Å². The predicted octanol–water partition coefficient (Wildman–Crippen LogP) is 2.06. The Morgan fingerprint density at radius 2 is 2.26 bits per heavy atom. The van der Waals surface area contributed by atoms with Crippen molar-refractivity contribution < 1.29 is 4.42 Å². The van der Waals surface area contributed by atoms with Crippen molar-refractivity contribution >= 4 is 23.0 Å². The highest BCUT2D eigenvalue weighted by Gasteiger charge is 1.99. The third-order valence-electron chi connectivity index (χ3n) is 2.36. The molecular formula is C13H14N4OS. The van der Waals surface area contributed by atoms with Gasteiger partial charge in [0.2, 0.25) is 0 Å². The minimum Gasteiger partial charge on any atom is -0.467 e. The predicted molar refractivity (Wildman–Crippen MR) is 77.7 cm³/mol. The largest absolute Gasteiger partial charge is 0.467 e. The summed E-state index contributed by atoms with van der Waals surface area (Å²) < 4.78 is 5.18. The molecular weight excluding hydrogens is 260 g/mol. The second kappa shape index (κ2) is 6.65. The molecule has 0 saturated heterocycles. The number of rotatable bonds is 4. The molecule has 98 valence electrons. The van der Waals surface area contributed by atoms with Gasteiger partial charge in [0.1, 0.15) is 5.76 Å². The third kappa shape index (κ3) is 4.18. The Hall–Kier alpha value is -2.21. The van der Waals surface area contributed by atoms with Crippen LogP contribution in [0.5, 0.6) is 0 Å². The number of thiocarbonyl (C=S) groups is 1. The molecule has 0 saturated carbocycles. The summed E-state index contributed by atoms with van der Waals surface area (Å²) in [6, 6.07) is 9.36. The van der Waals surface area contributed by atoms with E-state index in [-0.39, 0.29) is 0 Å². The number of nitrogens with zero attached hydrogens (tertiary/aromatic N) is 2. The highest BCUT2D eigenvalue weighted by molar-refractivity contribution is 7.80. The van der Waals surface area contributed by atoms with Gasteiger partial charge in [0.15, 0.2) is 5.11 Å². The second-order valence-corrected chi connectivity index (χ2v) is 4.19. The number of pyridine rings is 1. The lowest BCUT2D eigenvalue weighted by atomic mass is 10.3. The summed E-state index contributed by atoms with van der Waals surface area (Å²) in [6.07, 6.45) is 3.35.